The van der Waals surface area contributed by atoms with Crippen LogP contribution in [0.1, 0.15) is 22.8 Å². The van der Waals surface area contributed by atoms with E-state index in [1.54, 1.807) is 6.07 Å². The van der Waals surface area contributed by atoms with Crippen LogP contribution in [0.5, 0.6) is 17.2 Å². The van der Waals surface area contributed by atoms with Crippen LogP contribution in [0, 0.1) is 0 Å². The first-order valence-corrected chi connectivity index (χ1v) is 7.57. The number of ether oxygens (including phenoxy) is 3. The van der Waals surface area contributed by atoms with Crippen molar-refractivity contribution in [2.45, 2.75) is 6.92 Å². The van der Waals surface area contributed by atoms with E-state index in [9.17, 15) is 9.59 Å². The van der Waals surface area contributed by atoms with Gasteiger partial charge in [-0.05, 0) is 24.3 Å². The highest BCUT2D eigenvalue weighted by Crippen LogP contribution is 2.37. The first-order valence-electron chi connectivity index (χ1n) is 6.81. The van der Waals surface area contributed by atoms with Crippen molar-refractivity contribution in [1.29, 1.82) is 0 Å². The van der Waals surface area contributed by atoms with E-state index in [1.165, 1.54) is 45.4 Å². The van der Waals surface area contributed by atoms with E-state index in [0.717, 1.165) is 0 Å². The van der Waals surface area contributed by atoms with E-state index in [4.69, 9.17) is 37.4 Å². The molecule has 0 saturated carbocycles. The first-order chi connectivity index (χ1) is 11.4. The van der Waals surface area contributed by atoms with Crippen LogP contribution in [0.15, 0.2) is 30.3 Å². The third-order valence-corrected chi connectivity index (χ3v) is 3.71. The maximum absolute atomic E-state index is 12.8. The van der Waals surface area contributed by atoms with Crippen LogP contribution in [0.25, 0.3) is 0 Å². The minimum absolute atomic E-state index is 0.0520. The minimum Gasteiger partial charge on any atom is -0.493 e. The molecule has 5 nitrogen and oxygen atoms in total. The van der Waals surface area contributed by atoms with Crippen molar-refractivity contribution in [3.8, 4) is 17.2 Å². The number of benzene rings is 2. The lowest BCUT2D eigenvalue weighted by atomic mass is 10.0. The minimum atomic E-state index is -0.571. The number of rotatable bonds is 5. The monoisotopic (exact) mass is 368 g/mol. The molecule has 0 aliphatic rings. The second-order valence-electron chi connectivity index (χ2n) is 4.75. The Bertz CT molecular complexity index is 802. The fraction of sp³-hybridized carbons (Fsp3) is 0.176. The van der Waals surface area contributed by atoms with E-state index < -0.39 is 11.8 Å². The van der Waals surface area contributed by atoms with Gasteiger partial charge in [-0.2, -0.15) is 0 Å². The Kier molecular flexibility index (Phi) is 5.70. The molecule has 2 aromatic carbocycles. The highest BCUT2D eigenvalue weighted by molar-refractivity contribution is 6.37. The number of halogens is 2. The number of carbonyl (C=O) groups is 2. The van der Waals surface area contributed by atoms with Crippen LogP contribution in [0.3, 0.4) is 0 Å². The topological polar surface area (TPSA) is 61.8 Å². The molecule has 24 heavy (non-hydrogen) atoms. The number of hydrogen-bond acceptors (Lipinski definition) is 5. The Morgan fingerprint density at radius 3 is 2.04 bits per heavy atom. The molecule has 0 bridgehead atoms. The lowest BCUT2D eigenvalue weighted by Crippen LogP contribution is -2.10. The van der Waals surface area contributed by atoms with Gasteiger partial charge in [0.15, 0.2) is 17.3 Å². The molecule has 2 rings (SSSR count). The summed E-state index contributed by atoms with van der Waals surface area (Å²) in [6.45, 7) is 1.24. The number of carbonyl (C=O) groups excluding carboxylic acids is 2. The molecule has 0 aromatic heterocycles. The van der Waals surface area contributed by atoms with Crippen molar-refractivity contribution in [2.75, 3.05) is 14.2 Å². The van der Waals surface area contributed by atoms with E-state index in [2.05, 4.69) is 0 Å². The predicted molar refractivity (Wildman–Crippen MR) is 90.7 cm³/mol. The van der Waals surface area contributed by atoms with E-state index in [0.29, 0.717) is 16.5 Å². The number of hydrogen-bond donors (Lipinski definition) is 0. The van der Waals surface area contributed by atoms with Crippen LogP contribution in [0.4, 0.5) is 0 Å². The average molecular weight is 369 g/mol. The molecular formula is C17H14Cl2O5. The Balaban J connectivity index is 2.61. The van der Waals surface area contributed by atoms with Gasteiger partial charge in [-0.1, -0.05) is 23.2 Å². The maximum atomic E-state index is 12.8. The zero-order valence-electron chi connectivity index (χ0n) is 13.2. The van der Waals surface area contributed by atoms with Gasteiger partial charge < -0.3 is 14.2 Å². The van der Waals surface area contributed by atoms with Gasteiger partial charge in [-0.25, -0.2) is 0 Å². The summed E-state index contributed by atoms with van der Waals surface area (Å²) >= 11 is 11.9. The summed E-state index contributed by atoms with van der Waals surface area (Å²) in [7, 11) is 2.87. The molecule has 0 fully saturated rings. The van der Waals surface area contributed by atoms with Crippen LogP contribution in [0.2, 0.25) is 10.0 Å². The van der Waals surface area contributed by atoms with Gasteiger partial charge in [0.05, 0.1) is 24.8 Å². The molecule has 0 radical (unpaired) electrons. The number of methoxy groups -OCH3 is 2. The lowest BCUT2D eigenvalue weighted by molar-refractivity contribution is -0.131. The molecule has 0 aliphatic carbocycles. The van der Waals surface area contributed by atoms with E-state index in [-0.39, 0.29) is 21.9 Å². The standard InChI is InChI=1S/C17H14Cl2O5/c1-9(20)24-14-8-16(23-3)15(22-2)7-12(14)17(21)11-5-4-10(18)6-13(11)19/h4-8H,1-3H3. The van der Waals surface area contributed by atoms with Crippen LogP contribution in [-0.2, 0) is 4.79 Å². The van der Waals surface area contributed by atoms with Crippen molar-refractivity contribution in [2.24, 2.45) is 0 Å². The van der Waals surface area contributed by atoms with Gasteiger partial charge in [0.25, 0.3) is 0 Å². The van der Waals surface area contributed by atoms with Crippen molar-refractivity contribution in [3.63, 3.8) is 0 Å². The highest BCUT2D eigenvalue weighted by atomic mass is 35.5. The van der Waals surface area contributed by atoms with Gasteiger partial charge in [0.1, 0.15) is 5.75 Å². The smallest absolute Gasteiger partial charge is 0.308 e. The zero-order valence-corrected chi connectivity index (χ0v) is 14.7. The second-order valence-corrected chi connectivity index (χ2v) is 5.59. The Morgan fingerprint density at radius 2 is 1.50 bits per heavy atom. The molecule has 0 heterocycles. The summed E-state index contributed by atoms with van der Waals surface area (Å²) in [4.78, 5) is 24.2. The second kappa shape index (κ2) is 7.55. The summed E-state index contributed by atoms with van der Waals surface area (Å²) in [5, 5.41) is 0.597. The number of ketones is 1. The fourth-order valence-corrected chi connectivity index (χ4v) is 2.59. The van der Waals surface area contributed by atoms with Crippen LogP contribution >= 0.6 is 23.2 Å². The van der Waals surface area contributed by atoms with E-state index in [1.807, 2.05) is 0 Å². The predicted octanol–water partition coefficient (Wildman–Crippen LogP) is 4.17. The van der Waals surface area contributed by atoms with Crippen LogP contribution in [-0.4, -0.2) is 26.0 Å². The fourth-order valence-electron chi connectivity index (χ4n) is 2.10. The van der Waals surface area contributed by atoms with Gasteiger partial charge in [0, 0.05) is 23.6 Å². The van der Waals surface area contributed by atoms with Gasteiger partial charge in [0.2, 0.25) is 0 Å². The first kappa shape index (κ1) is 18.1. The SMILES string of the molecule is COc1cc(OC(C)=O)c(C(=O)c2ccc(Cl)cc2Cl)cc1OC. The maximum Gasteiger partial charge on any atom is 0.308 e. The van der Waals surface area contributed by atoms with Gasteiger partial charge in [-0.3, -0.25) is 9.59 Å². The quantitative estimate of drug-likeness (QED) is 0.450. The molecule has 0 aliphatic heterocycles. The molecule has 0 atom stereocenters. The third-order valence-electron chi connectivity index (χ3n) is 3.16. The molecule has 0 N–H and O–H groups in total. The van der Waals surface area contributed by atoms with Gasteiger partial charge in [-0.15, -0.1) is 0 Å². The zero-order chi connectivity index (χ0) is 17.9. The molecule has 2 aromatic rings. The van der Waals surface area contributed by atoms with E-state index >= 15 is 0 Å². The molecule has 0 spiro atoms. The average Bonchev–Trinajstić information content (AvgIpc) is 2.53. The largest absolute Gasteiger partial charge is 0.493 e. The van der Waals surface area contributed by atoms with Crippen molar-refractivity contribution >= 4 is 35.0 Å². The molecule has 0 amide bonds. The number of esters is 1. The summed E-state index contributed by atoms with van der Waals surface area (Å²) in [5.41, 5.74) is 0.341. The van der Waals surface area contributed by atoms with Crippen molar-refractivity contribution < 1.29 is 23.8 Å². The highest BCUT2D eigenvalue weighted by Gasteiger charge is 2.22. The Hall–Kier alpha value is -2.24. The normalized spacial score (nSPS) is 10.2. The van der Waals surface area contributed by atoms with Crippen molar-refractivity contribution in [1.82, 2.24) is 0 Å². The lowest BCUT2D eigenvalue weighted by Gasteiger charge is -2.14. The summed E-state index contributed by atoms with van der Waals surface area (Å²) in [5.74, 6) is -0.308. The Morgan fingerprint density at radius 1 is 0.875 bits per heavy atom. The summed E-state index contributed by atoms with van der Waals surface area (Å²) in [6.07, 6.45) is 0. The molecule has 0 saturated heterocycles. The molecule has 126 valence electrons. The van der Waals surface area contributed by atoms with Crippen LogP contribution < -0.4 is 14.2 Å². The van der Waals surface area contributed by atoms with Gasteiger partial charge >= 0.3 is 5.97 Å². The molecular weight excluding hydrogens is 355 g/mol. The summed E-state index contributed by atoms with van der Waals surface area (Å²) < 4.78 is 15.5. The van der Waals surface area contributed by atoms with Crippen molar-refractivity contribution in [3.05, 3.63) is 51.5 Å². The molecule has 0 unspecified atom stereocenters. The molecule has 7 heteroatoms. The Labute approximate surface area is 149 Å². The summed E-state index contributed by atoms with van der Waals surface area (Å²) in [6, 6.07) is 7.36. The third kappa shape index (κ3) is 3.80.